The second-order valence-corrected chi connectivity index (χ2v) is 7.19. The lowest BCUT2D eigenvalue weighted by molar-refractivity contribution is 0.124. The van der Waals surface area contributed by atoms with Gasteiger partial charge in [0.15, 0.2) is 11.5 Å². The molecule has 0 fully saturated rings. The Kier molecular flexibility index (Phi) is 7.49. The van der Waals surface area contributed by atoms with Crippen molar-refractivity contribution in [3.63, 3.8) is 0 Å². The Morgan fingerprint density at radius 3 is 2.19 bits per heavy atom. The van der Waals surface area contributed by atoms with Crippen molar-refractivity contribution in [1.82, 2.24) is 4.90 Å². The van der Waals surface area contributed by atoms with E-state index in [1.807, 2.05) is 30.3 Å². The Hall–Kier alpha value is -2.04. The number of hydrogen-bond donors (Lipinski definition) is 2. The predicted octanol–water partition coefficient (Wildman–Crippen LogP) is 4.51. The molecule has 0 aliphatic carbocycles. The molecular formula is C22H31NO3. The minimum atomic E-state index is -0.170. The molecule has 26 heavy (non-hydrogen) atoms. The summed E-state index contributed by atoms with van der Waals surface area (Å²) < 4.78 is 6.20. The van der Waals surface area contributed by atoms with Crippen molar-refractivity contribution in [2.24, 2.45) is 0 Å². The van der Waals surface area contributed by atoms with Gasteiger partial charge in [0.2, 0.25) is 0 Å². The second-order valence-electron chi connectivity index (χ2n) is 7.19. The highest BCUT2D eigenvalue weighted by Crippen LogP contribution is 2.33. The van der Waals surface area contributed by atoms with Gasteiger partial charge in [-0.05, 0) is 51.0 Å². The van der Waals surface area contributed by atoms with E-state index in [0.717, 1.165) is 24.1 Å². The zero-order valence-electron chi connectivity index (χ0n) is 16.2. The first-order chi connectivity index (χ1) is 12.4. The zero-order chi connectivity index (χ0) is 19.1. The number of rotatable bonds is 9. The fraction of sp³-hybridized carbons (Fsp3) is 0.455. The third kappa shape index (κ3) is 5.48. The Bertz CT molecular complexity index is 662. The van der Waals surface area contributed by atoms with Crippen LogP contribution in [0.5, 0.6) is 11.5 Å². The van der Waals surface area contributed by atoms with Crippen LogP contribution >= 0.6 is 0 Å². The molecule has 4 nitrogen and oxygen atoms in total. The number of hydrogen-bond acceptors (Lipinski definition) is 4. The molecule has 0 spiro atoms. The largest absolute Gasteiger partial charge is 0.504 e. The first-order valence-electron chi connectivity index (χ1n) is 9.32. The molecule has 142 valence electrons. The summed E-state index contributed by atoms with van der Waals surface area (Å²) >= 11 is 0. The molecule has 1 atom stereocenters. The molecule has 2 N–H and O–H groups in total. The van der Waals surface area contributed by atoms with Gasteiger partial charge in [-0.15, -0.1) is 0 Å². The third-order valence-electron chi connectivity index (χ3n) is 4.62. The van der Waals surface area contributed by atoms with Crippen molar-refractivity contribution < 1.29 is 14.9 Å². The number of ether oxygens (including phenoxy) is 1. The van der Waals surface area contributed by atoms with Crippen LogP contribution in [0.4, 0.5) is 0 Å². The van der Waals surface area contributed by atoms with Gasteiger partial charge in [0.05, 0.1) is 6.61 Å². The summed E-state index contributed by atoms with van der Waals surface area (Å²) in [6.07, 6.45) is 0.638. The summed E-state index contributed by atoms with van der Waals surface area (Å²) in [6.45, 7) is 9.63. The van der Waals surface area contributed by atoms with E-state index in [9.17, 15) is 10.2 Å². The molecule has 2 aromatic rings. The fourth-order valence-electron chi connectivity index (χ4n) is 3.24. The summed E-state index contributed by atoms with van der Waals surface area (Å²) in [5.41, 5.74) is 1.80. The van der Waals surface area contributed by atoms with Gasteiger partial charge < -0.3 is 14.9 Å². The van der Waals surface area contributed by atoms with Crippen molar-refractivity contribution >= 4 is 0 Å². The lowest BCUT2D eigenvalue weighted by atomic mass is 10.0. The molecule has 2 aromatic carbocycles. The average molecular weight is 357 g/mol. The summed E-state index contributed by atoms with van der Waals surface area (Å²) in [5, 5.41) is 19.5. The summed E-state index contributed by atoms with van der Waals surface area (Å²) in [5.74, 6) is 0.499. The minimum Gasteiger partial charge on any atom is -0.504 e. The van der Waals surface area contributed by atoms with Gasteiger partial charge in [0, 0.05) is 25.0 Å². The van der Waals surface area contributed by atoms with Crippen LogP contribution in [0, 0.1) is 0 Å². The Labute approximate surface area is 157 Å². The van der Waals surface area contributed by atoms with E-state index >= 15 is 0 Å². The highest BCUT2D eigenvalue weighted by molar-refractivity contribution is 5.42. The Morgan fingerprint density at radius 1 is 0.962 bits per heavy atom. The molecule has 0 amide bonds. The van der Waals surface area contributed by atoms with Crippen molar-refractivity contribution in [2.75, 3.05) is 6.54 Å². The van der Waals surface area contributed by atoms with Crippen molar-refractivity contribution in [2.45, 2.75) is 58.9 Å². The molecule has 0 aromatic heterocycles. The maximum Gasteiger partial charge on any atom is 0.162 e. The molecule has 4 heteroatoms. The molecule has 0 saturated heterocycles. The number of nitrogens with zero attached hydrogens (tertiary/aromatic N) is 1. The number of phenolic OH excluding ortho intramolecular Hbond substituents is 1. The van der Waals surface area contributed by atoms with E-state index in [0.29, 0.717) is 17.8 Å². The molecule has 0 unspecified atom stereocenters. The minimum absolute atomic E-state index is 0.0822. The van der Waals surface area contributed by atoms with Gasteiger partial charge in [-0.3, -0.25) is 4.90 Å². The van der Waals surface area contributed by atoms with Crippen LogP contribution in [0.25, 0.3) is 0 Å². The van der Waals surface area contributed by atoms with E-state index in [2.05, 4.69) is 32.6 Å². The van der Waals surface area contributed by atoms with E-state index < -0.39 is 0 Å². The van der Waals surface area contributed by atoms with Gasteiger partial charge in [-0.2, -0.15) is 0 Å². The fourth-order valence-corrected chi connectivity index (χ4v) is 3.24. The van der Waals surface area contributed by atoms with E-state index in [1.165, 1.54) is 0 Å². The van der Waals surface area contributed by atoms with E-state index in [1.54, 1.807) is 18.2 Å². The van der Waals surface area contributed by atoms with Gasteiger partial charge >= 0.3 is 0 Å². The van der Waals surface area contributed by atoms with Crippen LogP contribution in [0.2, 0.25) is 0 Å². The average Bonchev–Trinajstić information content (AvgIpc) is 2.62. The maximum atomic E-state index is 10.2. The molecule has 0 radical (unpaired) electrons. The monoisotopic (exact) mass is 357 g/mol. The van der Waals surface area contributed by atoms with Crippen LogP contribution in [0.3, 0.4) is 0 Å². The molecule has 2 rings (SSSR count). The zero-order valence-corrected chi connectivity index (χ0v) is 16.2. The smallest absolute Gasteiger partial charge is 0.162 e. The van der Waals surface area contributed by atoms with Gasteiger partial charge in [0.25, 0.3) is 0 Å². The first-order valence-corrected chi connectivity index (χ1v) is 9.32. The highest BCUT2D eigenvalue weighted by atomic mass is 16.5. The topological polar surface area (TPSA) is 52.9 Å². The molecule has 0 bridgehead atoms. The van der Waals surface area contributed by atoms with Crippen LogP contribution in [0.15, 0.2) is 48.5 Å². The second kappa shape index (κ2) is 9.60. The van der Waals surface area contributed by atoms with Crippen molar-refractivity contribution in [3.05, 3.63) is 59.7 Å². The predicted molar refractivity (Wildman–Crippen MR) is 105 cm³/mol. The van der Waals surface area contributed by atoms with Crippen LogP contribution in [0.1, 0.15) is 51.3 Å². The lowest BCUT2D eigenvalue weighted by Gasteiger charge is -2.32. The highest BCUT2D eigenvalue weighted by Gasteiger charge is 2.20. The molecule has 0 saturated carbocycles. The SMILES string of the molecule is CC(C)N(CC[C@@H](Oc1cc(CO)ccc1O)c1ccccc1)C(C)C. The van der Waals surface area contributed by atoms with E-state index in [4.69, 9.17) is 4.74 Å². The normalized spacial score (nSPS) is 12.8. The van der Waals surface area contributed by atoms with E-state index in [-0.39, 0.29) is 18.5 Å². The Morgan fingerprint density at radius 2 is 1.62 bits per heavy atom. The number of aliphatic hydroxyl groups is 1. The van der Waals surface area contributed by atoms with Crippen LogP contribution in [-0.2, 0) is 6.61 Å². The summed E-state index contributed by atoms with van der Waals surface area (Å²) in [4.78, 5) is 2.43. The summed E-state index contributed by atoms with van der Waals surface area (Å²) in [6, 6.07) is 16.0. The summed E-state index contributed by atoms with van der Waals surface area (Å²) in [7, 11) is 0. The van der Waals surface area contributed by atoms with Crippen molar-refractivity contribution in [1.29, 1.82) is 0 Å². The molecule has 0 aliphatic rings. The van der Waals surface area contributed by atoms with Gasteiger partial charge in [0.1, 0.15) is 6.10 Å². The van der Waals surface area contributed by atoms with Crippen LogP contribution < -0.4 is 4.74 Å². The number of aromatic hydroxyl groups is 1. The maximum absolute atomic E-state index is 10.2. The van der Waals surface area contributed by atoms with Crippen LogP contribution in [-0.4, -0.2) is 33.7 Å². The van der Waals surface area contributed by atoms with Crippen molar-refractivity contribution in [3.8, 4) is 11.5 Å². The lowest BCUT2D eigenvalue weighted by Crippen LogP contribution is -2.38. The first kappa shape index (κ1) is 20.3. The standard InChI is InChI=1S/C22H31NO3/c1-16(2)23(17(3)4)13-12-21(19-8-6-5-7-9-19)26-22-14-18(15-24)10-11-20(22)25/h5-11,14,16-17,21,24-25H,12-13,15H2,1-4H3/t21-/m1/s1. The Balaban J connectivity index is 2.22. The number of phenols is 1. The molecule has 0 heterocycles. The molecular weight excluding hydrogens is 326 g/mol. The molecule has 0 aliphatic heterocycles. The van der Waals surface area contributed by atoms with Gasteiger partial charge in [-0.25, -0.2) is 0 Å². The number of aliphatic hydroxyl groups excluding tert-OH is 1. The third-order valence-corrected chi connectivity index (χ3v) is 4.62. The quantitative estimate of drug-likeness (QED) is 0.693. The number of benzene rings is 2. The van der Waals surface area contributed by atoms with Gasteiger partial charge in [-0.1, -0.05) is 36.4 Å².